The number of esters is 1. The highest BCUT2D eigenvalue weighted by Gasteiger charge is 2.27. The van der Waals surface area contributed by atoms with Gasteiger partial charge in [0, 0.05) is 23.1 Å². The molecule has 0 unspecified atom stereocenters. The summed E-state index contributed by atoms with van der Waals surface area (Å²) in [5, 5.41) is 12.1. The Hall–Kier alpha value is -3.88. The fourth-order valence-corrected chi connectivity index (χ4v) is 4.03. The highest BCUT2D eigenvalue weighted by atomic mass is 16.6. The molecular weight excluding hydrogens is 406 g/mol. The summed E-state index contributed by atoms with van der Waals surface area (Å²) in [4.78, 5) is 35.5. The lowest BCUT2D eigenvalue weighted by molar-refractivity contribution is -0.385. The molecule has 1 aromatic heterocycles. The van der Waals surface area contributed by atoms with Crippen molar-refractivity contribution in [1.82, 2.24) is 0 Å². The Morgan fingerprint density at radius 2 is 1.74 bits per heavy atom. The van der Waals surface area contributed by atoms with Crippen molar-refractivity contribution in [2.75, 3.05) is 13.2 Å². The monoisotopic (exact) mass is 423 g/mol. The predicted molar refractivity (Wildman–Crippen MR) is 108 cm³/mol. The number of hydrogen-bond donors (Lipinski definition) is 0. The Morgan fingerprint density at radius 1 is 1.03 bits per heavy atom. The van der Waals surface area contributed by atoms with E-state index in [1.807, 2.05) is 12.1 Å². The van der Waals surface area contributed by atoms with Gasteiger partial charge in [0.05, 0.1) is 11.0 Å². The first-order valence-electron chi connectivity index (χ1n) is 9.83. The summed E-state index contributed by atoms with van der Waals surface area (Å²) in [6.07, 6.45) is 2.91. The molecule has 0 atom stereocenters. The highest BCUT2D eigenvalue weighted by molar-refractivity contribution is 5.95. The summed E-state index contributed by atoms with van der Waals surface area (Å²) < 4.78 is 21.4. The Labute approximate surface area is 175 Å². The summed E-state index contributed by atoms with van der Waals surface area (Å²) >= 11 is 0. The van der Waals surface area contributed by atoms with Crippen molar-refractivity contribution in [3.05, 3.63) is 73.1 Å². The number of nitro benzene ring substituents is 1. The van der Waals surface area contributed by atoms with Crippen LogP contribution in [0.2, 0.25) is 0 Å². The molecule has 2 heterocycles. The second kappa shape index (κ2) is 7.42. The van der Waals surface area contributed by atoms with E-state index in [1.165, 1.54) is 17.7 Å². The predicted octanol–water partition coefficient (Wildman–Crippen LogP) is 3.32. The number of aryl methyl sites for hydroxylation is 2. The van der Waals surface area contributed by atoms with Crippen LogP contribution in [0.15, 0.2) is 39.5 Å². The molecule has 0 saturated carbocycles. The van der Waals surface area contributed by atoms with E-state index < -0.39 is 22.2 Å². The van der Waals surface area contributed by atoms with Crippen molar-refractivity contribution in [3.8, 4) is 11.5 Å². The van der Waals surface area contributed by atoms with Crippen molar-refractivity contribution < 1.29 is 28.3 Å². The van der Waals surface area contributed by atoms with E-state index >= 15 is 0 Å². The fourth-order valence-electron chi connectivity index (χ4n) is 4.03. The number of hydrogen-bond acceptors (Lipinski definition) is 8. The van der Waals surface area contributed by atoms with Crippen molar-refractivity contribution in [2.45, 2.75) is 25.9 Å². The molecule has 1 aliphatic carbocycles. The zero-order chi connectivity index (χ0) is 21.5. The fraction of sp³-hybridized carbons (Fsp3) is 0.273. The second-order valence-corrected chi connectivity index (χ2v) is 7.41. The molecule has 31 heavy (non-hydrogen) atoms. The number of carbonyl (C=O) groups excluding carboxylic acids is 1. The summed E-state index contributed by atoms with van der Waals surface area (Å²) in [5.74, 6) is -0.452. The highest BCUT2D eigenvalue weighted by Crippen LogP contribution is 2.37. The van der Waals surface area contributed by atoms with Crippen LogP contribution in [0.3, 0.4) is 0 Å². The van der Waals surface area contributed by atoms with Crippen LogP contribution in [0.1, 0.15) is 33.5 Å². The summed E-state index contributed by atoms with van der Waals surface area (Å²) in [7, 11) is 0. The van der Waals surface area contributed by atoms with E-state index in [0.717, 1.165) is 30.9 Å². The Balaban J connectivity index is 1.47. The first-order chi connectivity index (χ1) is 15.0. The van der Waals surface area contributed by atoms with E-state index in [0.29, 0.717) is 16.5 Å². The maximum absolute atomic E-state index is 12.7. The lowest BCUT2D eigenvalue weighted by Crippen LogP contribution is -2.17. The van der Waals surface area contributed by atoms with Crippen LogP contribution in [-0.2, 0) is 24.2 Å². The minimum absolute atomic E-state index is 0.204. The van der Waals surface area contributed by atoms with Gasteiger partial charge < -0.3 is 18.6 Å². The lowest BCUT2D eigenvalue weighted by Gasteiger charge is -2.18. The van der Waals surface area contributed by atoms with Crippen LogP contribution in [-0.4, -0.2) is 24.1 Å². The van der Waals surface area contributed by atoms with Crippen LogP contribution >= 0.6 is 0 Å². The summed E-state index contributed by atoms with van der Waals surface area (Å²) in [6.45, 7) is 0.308. The number of benzene rings is 2. The largest absolute Gasteiger partial charge is 0.486 e. The lowest BCUT2D eigenvalue weighted by atomic mass is 10.0. The van der Waals surface area contributed by atoms with Gasteiger partial charge in [-0.15, -0.1) is 0 Å². The molecule has 5 rings (SSSR count). The minimum Gasteiger partial charge on any atom is -0.486 e. The molecule has 1 aliphatic heterocycles. The number of ether oxygens (including phenoxy) is 3. The number of nitrogens with zero attached hydrogens (tertiary/aromatic N) is 1. The van der Waals surface area contributed by atoms with Crippen molar-refractivity contribution >= 4 is 22.6 Å². The third kappa shape index (κ3) is 3.48. The maximum Gasteiger partial charge on any atom is 0.345 e. The van der Waals surface area contributed by atoms with Crippen LogP contribution in [0, 0.1) is 10.1 Å². The quantitative estimate of drug-likeness (QED) is 0.271. The summed E-state index contributed by atoms with van der Waals surface area (Å²) in [6, 6.07) is 7.49. The smallest absolute Gasteiger partial charge is 0.345 e. The average molecular weight is 423 g/mol. The van der Waals surface area contributed by atoms with Gasteiger partial charge >= 0.3 is 11.6 Å². The molecular formula is C22H17NO8. The van der Waals surface area contributed by atoms with Gasteiger partial charge in [0.15, 0.2) is 11.5 Å². The van der Waals surface area contributed by atoms with Crippen LogP contribution in [0.4, 0.5) is 5.69 Å². The number of fused-ring (bicyclic) bond motifs is 3. The second-order valence-electron chi connectivity index (χ2n) is 7.41. The molecule has 3 aromatic rings. The first-order valence-corrected chi connectivity index (χ1v) is 9.83. The molecule has 0 amide bonds. The normalized spacial score (nSPS) is 14.3. The van der Waals surface area contributed by atoms with Crippen LogP contribution in [0.25, 0.3) is 11.0 Å². The molecule has 0 saturated heterocycles. The molecule has 0 spiro atoms. The zero-order valence-corrected chi connectivity index (χ0v) is 16.3. The van der Waals surface area contributed by atoms with Gasteiger partial charge in [-0.05, 0) is 42.5 Å². The Morgan fingerprint density at radius 3 is 2.48 bits per heavy atom. The molecule has 0 bridgehead atoms. The third-order valence-electron chi connectivity index (χ3n) is 5.48. The molecule has 9 nitrogen and oxygen atoms in total. The molecule has 9 heteroatoms. The van der Waals surface area contributed by atoms with E-state index in [4.69, 9.17) is 18.6 Å². The molecule has 0 fully saturated rings. The molecule has 2 aromatic carbocycles. The zero-order valence-electron chi connectivity index (χ0n) is 16.3. The average Bonchev–Trinajstić information content (AvgIpc) is 3.22. The standard InChI is InChI=1S/C22H17NO8/c24-21-8-14(15-6-12-2-1-3-13(12)7-18(15)31-21)11-30-22(25)16-9-19-20(29-5-4-28-19)10-17(16)23(26)27/h6-10H,1-5,11H2. The topological polar surface area (TPSA) is 118 Å². The number of nitro groups is 1. The first kappa shape index (κ1) is 19.1. The molecule has 158 valence electrons. The molecule has 2 aliphatic rings. The van der Waals surface area contributed by atoms with Crippen molar-refractivity contribution in [1.29, 1.82) is 0 Å². The van der Waals surface area contributed by atoms with E-state index in [-0.39, 0.29) is 36.9 Å². The van der Waals surface area contributed by atoms with E-state index in [2.05, 4.69) is 0 Å². The van der Waals surface area contributed by atoms with Gasteiger partial charge in [-0.3, -0.25) is 10.1 Å². The van der Waals surface area contributed by atoms with Crippen molar-refractivity contribution in [2.24, 2.45) is 0 Å². The van der Waals surface area contributed by atoms with Gasteiger partial charge in [0.1, 0.15) is 31.0 Å². The van der Waals surface area contributed by atoms with Gasteiger partial charge in [0.25, 0.3) is 5.69 Å². The Bertz CT molecular complexity index is 1290. The van der Waals surface area contributed by atoms with Gasteiger partial charge in [0.2, 0.25) is 0 Å². The SMILES string of the molecule is O=C(OCc1cc(=O)oc2cc3c(cc12)CCC3)c1cc2c(cc1[N+](=O)[O-])OCCO2. The molecule has 0 N–H and O–H groups in total. The Kier molecular flexibility index (Phi) is 4.58. The summed E-state index contributed by atoms with van der Waals surface area (Å²) in [5.41, 5.74) is 2.00. The van der Waals surface area contributed by atoms with Crippen LogP contribution < -0.4 is 15.1 Å². The van der Waals surface area contributed by atoms with Gasteiger partial charge in [-0.25, -0.2) is 9.59 Å². The number of rotatable bonds is 4. The van der Waals surface area contributed by atoms with Gasteiger partial charge in [-0.2, -0.15) is 0 Å². The third-order valence-corrected chi connectivity index (χ3v) is 5.48. The van der Waals surface area contributed by atoms with Crippen LogP contribution in [0.5, 0.6) is 11.5 Å². The van der Waals surface area contributed by atoms with E-state index in [1.54, 1.807) is 0 Å². The van der Waals surface area contributed by atoms with Gasteiger partial charge in [-0.1, -0.05) is 0 Å². The van der Waals surface area contributed by atoms with Crippen molar-refractivity contribution in [3.63, 3.8) is 0 Å². The maximum atomic E-state index is 12.7. The minimum atomic E-state index is -0.897. The number of carbonyl (C=O) groups is 1. The van der Waals surface area contributed by atoms with E-state index in [9.17, 15) is 19.7 Å². The molecule has 0 radical (unpaired) electrons.